The molecule has 3 N–H and O–H groups in total. The third kappa shape index (κ3) is 4.10. The van der Waals surface area contributed by atoms with Gasteiger partial charge >= 0.3 is 12.0 Å². The lowest BCUT2D eigenvalue weighted by atomic mass is 10.2. The molecule has 1 atom stereocenters. The van der Waals surface area contributed by atoms with Crippen LogP contribution in [0.25, 0.3) is 0 Å². The smallest absolute Gasteiger partial charge is 0.337 e. The van der Waals surface area contributed by atoms with Crippen molar-refractivity contribution in [1.29, 1.82) is 0 Å². The molecule has 0 saturated carbocycles. The summed E-state index contributed by atoms with van der Waals surface area (Å²) in [5.41, 5.74) is 0.386. The molecule has 0 bridgehead atoms. The number of nitrogens with zero attached hydrogens (tertiary/aromatic N) is 1. The van der Waals surface area contributed by atoms with Gasteiger partial charge in [-0.2, -0.15) is 0 Å². The van der Waals surface area contributed by atoms with E-state index in [1.807, 2.05) is 13.8 Å². The quantitative estimate of drug-likeness (QED) is 0.743. The highest BCUT2D eigenvalue weighted by molar-refractivity contribution is 5.92. The Morgan fingerprint density at radius 1 is 1.47 bits per heavy atom. The minimum atomic E-state index is -1.08. The predicted octanol–water partition coefficient (Wildman–Crippen LogP) is 1.70. The molecule has 6 heteroatoms. The van der Waals surface area contributed by atoms with Gasteiger partial charge in [-0.05, 0) is 19.4 Å². The zero-order valence-electron chi connectivity index (χ0n) is 9.73. The van der Waals surface area contributed by atoms with Crippen LogP contribution in [-0.2, 0) is 0 Å². The molecule has 0 radical (unpaired) electrons. The van der Waals surface area contributed by atoms with Gasteiger partial charge in [-0.25, -0.2) is 9.59 Å². The number of carboxylic acids is 1. The normalized spacial score (nSPS) is 11.6. The number of carbonyl (C=O) groups excluding carboxylic acids is 1. The molecule has 1 unspecified atom stereocenters. The largest absolute Gasteiger partial charge is 0.478 e. The summed E-state index contributed by atoms with van der Waals surface area (Å²) in [4.78, 5) is 25.9. The van der Waals surface area contributed by atoms with Crippen LogP contribution < -0.4 is 10.6 Å². The van der Waals surface area contributed by atoms with Gasteiger partial charge in [0.05, 0.1) is 17.4 Å². The first-order valence-electron chi connectivity index (χ1n) is 5.28. The second kappa shape index (κ2) is 5.83. The third-order valence-electron chi connectivity index (χ3n) is 2.23. The highest BCUT2D eigenvalue weighted by Crippen LogP contribution is 2.08. The molecule has 92 valence electrons. The second-order valence-corrected chi connectivity index (χ2v) is 3.68. The Morgan fingerprint density at radius 3 is 2.76 bits per heavy atom. The number of pyridine rings is 1. The Morgan fingerprint density at radius 2 is 2.18 bits per heavy atom. The van der Waals surface area contributed by atoms with Gasteiger partial charge in [0.25, 0.3) is 0 Å². The van der Waals surface area contributed by atoms with Crippen molar-refractivity contribution in [3.63, 3.8) is 0 Å². The van der Waals surface area contributed by atoms with Gasteiger partial charge < -0.3 is 15.7 Å². The van der Waals surface area contributed by atoms with Crippen LogP contribution in [0.15, 0.2) is 18.5 Å². The van der Waals surface area contributed by atoms with E-state index < -0.39 is 5.97 Å². The molecule has 1 aromatic rings. The van der Waals surface area contributed by atoms with Crippen molar-refractivity contribution in [3.8, 4) is 0 Å². The summed E-state index contributed by atoms with van der Waals surface area (Å²) < 4.78 is 0. The molecule has 0 aliphatic carbocycles. The van der Waals surface area contributed by atoms with E-state index >= 15 is 0 Å². The topological polar surface area (TPSA) is 91.3 Å². The zero-order valence-corrected chi connectivity index (χ0v) is 9.73. The Balaban J connectivity index is 2.65. The molecule has 1 aromatic heterocycles. The molecule has 17 heavy (non-hydrogen) atoms. The maximum atomic E-state index is 11.5. The van der Waals surface area contributed by atoms with Crippen LogP contribution in [0.5, 0.6) is 0 Å². The van der Waals surface area contributed by atoms with E-state index in [2.05, 4.69) is 15.6 Å². The average molecular weight is 237 g/mol. The van der Waals surface area contributed by atoms with Crippen LogP contribution in [0.2, 0.25) is 0 Å². The summed E-state index contributed by atoms with van der Waals surface area (Å²) in [6.45, 7) is 3.84. The summed E-state index contributed by atoms with van der Waals surface area (Å²) in [6.07, 6.45) is 3.43. The molecule has 0 aliphatic heterocycles. The molecule has 0 aliphatic rings. The fourth-order valence-corrected chi connectivity index (χ4v) is 1.12. The number of aromatic carboxylic acids is 1. The summed E-state index contributed by atoms with van der Waals surface area (Å²) in [5.74, 6) is -1.08. The third-order valence-corrected chi connectivity index (χ3v) is 2.23. The van der Waals surface area contributed by atoms with Crippen molar-refractivity contribution in [1.82, 2.24) is 10.3 Å². The first-order valence-corrected chi connectivity index (χ1v) is 5.28. The van der Waals surface area contributed by atoms with Crippen molar-refractivity contribution >= 4 is 17.7 Å². The Labute approximate surface area is 99.1 Å². The summed E-state index contributed by atoms with van der Waals surface area (Å²) in [6, 6.07) is 1.04. The highest BCUT2D eigenvalue weighted by atomic mass is 16.4. The fourth-order valence-electron chi connectivity index (χ4n) is 1.12. The molecule has 1 heterocycles. The monoisotopic (exact) mass is 237 g/mol. The number of anilines is 1. The lowest BCUT2D eigenvalue weighted by Gasteiger charge is -2.12. The number of amides is 2. The highest BCUT2D eigenvalue weighted by Gasteiger charge is 2.08. The summed E-state index contributed by atoms with van der Waals surface area (Å²) >= 11 is 0. The standard InChI is InChI=1S/C11H15N3O3/c1-3-7(2)13-11(17)14-9-4-8(10(15)16)5-12-6-9/h4-7H,3H2,1-2H3,(H,15,16)(H2,13,14,17). The van der Waals surface area contributed by atoms with Crippen LogP contribution in [0.4, 0.5) is 10.5 Å². The van der Waals surface area contributed by atoms with E-state index in [4.69, 9.17) is 5.11 Å². The van der Waals surface area contributed by atoms with E-state index in [0.29, 0.717) is 5.69 Å². The van der Waals surface area contributed by atoms with Gasteiger partial charge in [-0.15, -0.1) is 0 Å². The van der Waals surface area contributed by atoms with Gasteiger partial charge in [-0.3, -0.25) is 4.98 Å². The minimum absolute atomic E-state index is 0.0336. The second-order valence-electron chi connectivity index (χ2n) is 3.68. The summed E-state index contributed by atoms with van der Waals surface area (Å²) in [5, 5.41) is 14.0. The minimum Gasteiger partial charge on any atom is -0.478 e. The number of carbonyl (C=O) groups is 2. The van der Waals surface area contributed by atoms with Crippen LogP contribution in [0.3, 0.4) is 0 Å². The molecule has 0 spiro atoms. The van der Waals surface area contributed by atoms with Gasteiger partial charge in [-0.1, -0.05) is 6.92 Å². The number of nitrogens with one attached hydrogen (secondary N) is 2. The van der Waals surface area contributed by atoms with Crippen LogP contribution in [0, 0.1) is 0 Å². The lowest BCUT2D eigenvalue weighted by molar-refractivity contribution is 0.0696. The maximum Gasteiger partial charge on any atom is 0.337 e. The zero-order chi connectivity index (χ0) is 12.8. The van der Waals surface area contributed by atoms with Gasteiger partial charge in [0, 0.05) is 12.2 Å². The number of carboxylic acid groups (broad SMARTS) is 1. The molecule has 0 saturated heterocycles. The number of hydrogen-bond acceptors (Lipinski definition) is 3. The lowest BCUT2D eigenvalue weighted by Crippen LogP contribution is -2.35. The Kier molecular flexibility index (Phi) is 4.45. The number of hydrogen-bond donors (Lipinski definition) is 3. The Bertz CT molecular complexity index is 420. The van der Waals surface area contributed by atoms with E-state index in [9.17, 15) is 9.59 Å². The molecule has 0 aromatic carbocycles. The van der Waals surface area contributed by atoms with Crippen molar-refractivity contribution in [3.05, 3.63) is 24.0 Å². The first kappa shape index (κ1) is 13.0. The van der Waals surface area contributed by atoms with Crippen LogP contribution >= 0.6 is 0 Å². The van der Waals surface area contributed by atoms with Crippen molar-refractivity contribution in [2.24, 2.45) is 0 Å². The Hall–Kier alpha value is -2.11. The van der Waals surface area contributed by atoms with Crippen LogP contribution in [0.1, 0.15) is 30.6 Å². The van der Waals surface area contributed by atoms with Gasteiger partial charge in [0.2, 0.25) is 0 Å². The fraction of sp³-hybridized carbons (Fsp3) is 0.364. The van der Waals surface area contributed by atoms with E-state index in [1.165, 1.54) is 18.5 Å². The molecular weight excluding hydrogens is 222 g/mol. The number of rotatable bonds is 4. The van der Waals surface area contributed by atoms with E-state index in [-0.39, 0.29) is 17.6 Å². The van der Waals surface area contributed by atoms with Crippen LogP contribution in [-0.4, -0.2) is 28.1 Å². The van der Waals surface area contributed by atoms with E-state index in [0.717, 1.165) is 6.42 Å². The summed E-state index contributed by atoms with van der Waals surface area (Å²) in [7, 11) is 0. The molecule has 0 fully saturated rings. The maximum absolute atomic E-state index is 11.5. The molecule has 2 amide bonds. The molecule has 1 rings (SSSR count). The van der Waals surface area contributed by atoms with E-state index in [1.54, 1.807) is 0 Å². The number of aromatic nitrogens is 1. The predicted molar refractivity (Wildman–Crippen MR) is 63.1 cm³/mol. The van der Waals surface area contributed by atoms with Gasteiger partial charge in [0.1, 0.15) is 0 Å². The SMILES string of the molecule is CCC(C)NC(=O)Nc1cncc(C(=O)O)c1. The molecule has 6 nitrogen and oxygen atoms in total. The molecular formula is C11H15N3O3. The first-order chi connectivity index (χ1) is 8.02. The van der Waals surface area contributed by atoms with Crippen molar-refractivity contribution in [2.45, 2.75) is 26.3 Å². The van der Waals surface area contributed by atoms with Gasteiger partial charge in [0.15, 0.2) is 0 Å². The average Bonchev–Trinajstić information content (AvgIpc) is 2.28. The van der Waals surface area contributed by atoms with Crippen molar-refractivity contribution in [2.75, 3.05) is 5.32 Å². The number of urea groups is 1. The van der Waals surface area contributed by atoms with Crippen molar-refractivity contribution < 1.29 is 14.7 Å².